The fourth-order valence-corrected chi connectivity index (χ4v) is 3.37. The molecule has 0 amide bonds. The number of carboxylic acids is 1. The van der Waals surface area contributed by atoms with Crippen molar-refractivity contribution in [2.24, 2.45) is 0 Å². The van der Waals surface area contributed by atoms with Crippen molar-refractivity contribution in [1.82, 2.24) is 4.98 Å². The van der Waals surface area contributed by atoms with Crippen molar-refractivity contribution in [3.63, 3.8) is 0 Å². The number of hydrogen-bond acceptors (Lipinski definition) is 6. The summed E-state index contributed by atoms with van der Waals surface area (Å²) in [6, 6.07) is 3.06. The van der Waals surface area contributed by atoms with E-state index in [1.54, 1.807) is 0 Å². The van der Waals surface area contributed by atoms with Gasteiger partial charge in [0.2, 0.25) is 5.60 Å². The number of nitrogens with one attached hydrogen (secondary N) is 1. The van der Waals surface area contributed by atoms with Crippen LogP contribution in [0.4, 0.5) is 0 Å². The normalized spacial score (nSPS) is 33.8. The maximum atomic E-state index is 11.9. The number of benzene rings is 1. The van der Waals surface area contributed by atoms with Crippen LogP contribution in [0.15, 0.2) is 22.8 Å². The molecule has 130 valence electrons. The van der Waals surface area contributed by atoms with Crippen LogP contribution in [0.5, 0.6) is 0 Å². The first-order valence-corrected chi connectivity index (χ1v) is 7.97. The Morgan fingerprint density at radius 3 is 2.54 bits per heavy atom. The minimum Gasteiger partial charge on any atom is -0.479 e. The largest absolute Gasteiger partial charge is 0.479 e. The van der Waals surface area contributed by atoms with Gasteiger partial charge in [0.25, 0.3) is 0 Å². The van der Waals surface area contributed by atoms with Crippen LogP contribution >= 0.6 is 27.5 Å². The van der Waals surface area contributed by atoms with Gasteiger partial charge in [-0.05, 0) is 28.1 Å². The monoisotopic (exact) mass is 421 g/mol. The number of ether oxygens (including phenoxy) is 1. The Hall–Kier alpha value is -1.20. The first-order valence-electron chi connectivity index (χ1n) is 6.80. The number of rotatable bonds is 2. The molecule has 6 N–H and O–H groups in total. The molecule has 0 bridgehead atoms. The molecule has 2 heterocycles. The van der Waals surface area contributed by atoms with Crippen LogP contribution in [0, 0.1) is 0 Å². The van der Waals surface area contributed by atoms with Gasteiger partial charge in [0, 0.05) is 27.1 Å². The highest BCUT2D eigenvalue weighted by atomic mass is 79.9. The number of H-pyrrole nitrogens is 1. The average Bonchev–Trinajstić information content (AvgIpc) is 2.92. The summed E-state index contributed by atoms with van der Waals surface area (Å²) < 4.78 is 5.56. The molecule has 0 saturated carbocycles. The van der Waals surface area contributed by atoms with E-state index >= 15 is 0 Å². The quantitative estimate of drug-likeness (QED) is 0.408. The van der Waals surface area contributed by atoms with E-state index in [-0.39, 0.29) is 5.56 Å². The molecule has 0 radical (unpaired) electrons. The number of aromatic amines is 1. The first kappa shape index (κ1) is 17.6. The van der Waals surface area contributed by atoms with Gasteiger partial charge in [0.05, 0.1) is 5.02 Å². The molecule has 0 spiro atoms. The standard InChI is InChI=1S/C14H13BrClNO7/c15-6-1-4-5(3-17-8(4)2-7(6)16)14(13(22)23)11(20)9(18)10(19)12(21)24-14/h1-3,9-12,17-21H,(H,22,23). The van der Waals surface area contributed by atoms with Crippen LogP contribution in [0.1, 0.15) is 5.56 Å². The minimum absolute atomic E-state index is 0.0279. The molecule has 1 aromatic carbocycles. The van der Waals surface area contributed by atoms with Crippen molar-refractivity contribution >= 4 is 44.4 Å². The maximum Gasteiger partial charge on any atom is 0.343 e. The molecule has 10 heteroatoms. The molecule has 5 unspecified atom stereocenters. The van der Waals surface area contributed by atoms with Gasteiger partial charge in [-0.15, -0.1) is 0 Å². The molecular formula is C14H13BrClNO7. The molecule has 1 aromatic heterocycles. The Labute approximate surface area is 148 Å². The van der Waals surface area contributed by atoms with E-state index < -0.39 is 36.2 Å². The summed E-state index contributed by atoms with van der Waals surface area (Å²) in [5.74, 6) is -1.63. The van der Waals surface area contributed by atoms with Crippen LogP contribution in [0.2, 0.25) is 5.02 Å². The van der Waals surface area contributed by atoms with Gasteiger partial charge < -0.3 is 35.3 Å². The minimum atomic E-state index is -2.48. The number of carboxylic acid groups (broad SMARTS) is 1. The molecule has 0 aliphatic carbocycles. The highest BCUT2D eigenvalue weighted by molar-refractivity contribution is 9.10. The van der Waals surface area contributed by atoms with Gasteiger partial charge in [0.15, 0.2) is 6.29 Å². The van der Waals surface area contributed by atoms with Crippen molar-refractivity contribution in [2.75, 3.05) is 0 Å². The first-order chi connectivity index (χ1) is 11.2. The van der Waals surface area contributed by atoms with Gasteiger partial charge in [-0.3, -0.25) is 0 Å². The van der Waals surface area contributed by atoms with E-state index in [1.165, 1.54) is 18.3 Å². The van der Waals surface area contributed by atoms with E-state index in [0.717, 1.165) is 0 Å². The van der Waals surface area contributed by atoms with Crippen molar-refractivity contribution in [1.29, 1.82) is 0 Å². The Kier molecular flexibility index (Phi) is 4.37. The Morgan fingerprint density at radius 2 is 1.92 bits per heavy atom. The van der Waals surface area contributed by atoms with Gasteiger partial charge in [-0.25, -0.2) is 4.79 Å². The topological polar surface area (TPSA) is 143 Å². The van der Waals surface area contributed by atoms with Crippen molar-refractivity contribution in [3.8, 4) is 0 Å². The molecule has 8 nitrogen and oxygen atoms in total. The lowest BCUT2D eigenvalue weighted by molar-refractivity contribution is -0.319. The third-order valence-electron chi connectivity index (χ3n) is 4.13. The number of halogens is 2. The summed E-state index contributed by atoms with van der Waals surface area (Å²) in [5.41, 5.74) is -2.05. The number of aliphatic carboxylic acids is 1. The second-order valence-corrected chi connectivity index (χ2v) is 6.75. The third-order valence-corrected chi connectivity index (χ3v) is 5.33. The number of aliphatic hydroxyl groups is 4. The fourth-order valence-electron chi connectivity index (χ4n) is 2.86. The molecule has 3 rings (SSSR count). The molecular weight excluding hydrogens is 410 g/mol. The van der Waals surface area contributed by atoms with Crippen LogP contribution in [0.3, 0.4) is 0 Å². The molecule has 5 atom stereocenters. The lowest BCUT2D eigenvalue weighted by Gasteiger charge is -2.44. The molecule has 1 aliphatic rings. The lowest BCUT2D eigenvalue weighted by Crippen LogP contribution is -2.65. The Morgan fingerprint density at radius 1 is 1.25 bits per heavy atom. The highest BCUT2D eigenvalue weighted by Gasteiger charge is 2.60. The molecule has 1 aliphatic heterocycles. The molecule has 2 aromatic rings. The number of aliphatic hydroxyl groups excluding tert-OH is 4. The average molecular weight is 423 g/mol. The smallest absolute Gasteiger partial charge is 0.343 e. The van der Waals surface area contributed by atoms with Crippen molar-refractivity contribution in [3.05, 3.63) is 33.4 Å². The summed E-state index contributed by atoms with van der Waals surface area (Å²) in [5, 5.41) is 50.1. The van der Waals surface area contributed by atoms with Gasteiger partial charge >= 0.3 is 5.97 Å². The van der Waals surface area contributed by atoms with Crippen LogP contribution in [-0.4, -0.2) is 61.1 Å². The van der Waals surface area contributed by atoms with Gasteiger partial charge in [-0.1, -0.05) is 11.6 Å². The van der Waals surface area contributed by atoms with Crippen LogP contribution < -0.4 is 0 Å². The molecule has 24 heavy (non-hydrogen) atoms. The lowest BCUT2D eigenvalue weighted by atomic mass is 9.81. The maximum absolute atomic E-state index is 11.9. The van der Waals surface area contributed by atoms with Crippen LogP contribution in [0.25, 0.3) is 10.9 Å². The summed E-state index contributed by atoms with van der Waals surface area (Å²) in [4.78, 5) is 14.7. The van der Waals surface area contributed by atoms with Crippen LogP contribution in [-0.2, 0) is 15.1 Å². The highest BCUT2D eigenvalue weighted by Crippen LogP contribution is 2.42. The zero-order valence-corrected chi connectivity index (χ0v) is 14.2. The fraction of sp³-hybridized carbons (Fsp3) is 0.357. The third kappa shape index (κ3) is 2.36. The summed E-state index contributed by atoms with van der Waals surface area (Å²) in [7, 11) is 0. The van der Waals surface area contributed by atoms with E-state index in [1.807, 2.05) is 0 Å². The van der Waals surface area contributed by atoms with E-state index in [4.69, 9.17) is 16.3 Å². The number of hydrogen-bond donors (Lipinski definition) is 6. The Bertz CT molecular complexity index is 812. The summed E-state index contributed by atoms with van der Waals surface area (Å²) in [6.07, 6.45) is -6.52. The number of carbonyl (C=O) groups is 1. The van der Waals surface area contributed by atoms with Gasteiger partial charge in [0.1, 0.15) is 18.3 Å². The second kappa shape index (κ2) is 5.95. The van der Waals surface area contributed by atoms with Crippen molar-refractivity contribution in [2.45, 2.75) is 30.2 Å². The Balaban J connectivity index is 2.26. The summed E-state index contributed by atoms with van der Waals surface area (Å²) >= 11 is 9.22. The number of aromatic nitrogens is 1. The predicted octanol–water partition coefficient (Wildman–Crippen LogP) is 0.295. The van der Waals surface area contributed by atoms with Gasteiger partial charge in [-0.2, -0.15) is 0 Å². The zero-order chi connectivity index (χ0) is 17.8. The van der Waals surface area contributed by atoms with Crippen molar-refractivity contribution < 1.29 is 35.1 Å². The van der Waals surface area contributed by atoms with E-state index in [2.05, 4.69) is 20.9 Å². The van der Waals surface area contributed by atoms with E-state index in [9.17, 15) is 30.3 Å². The zero-order valence-electron chi connectivity index (χ0n) is 11.8. The summed E-state index contributed by atoms with van der Waals surface area (Å²) in [6.45, 7) is 0. The predicted molar refractivity (Wildman–Crippen MR) is 85.4 cm³/mol. The molecule has 1 saturated heterocycles. The molecule has 1 fully saturated rings. The number of fused-ring (bicyclic) bond motifs is 1. The SMILES string of the molecule is O=C(O)C1(c2c[nH]c3cc(Cl)c(Br)cc23)OC(O)C(O)C(O)C1O. The van der Waals surface area contributed by atoms with E-state index in [0.29, 0.717) is 20.4 Å². The second-order valence-electron chi connectivity index (χ2n) is 5.49.